The fraction of sp³-hybridized carbons (Fsp3) is 0.500. The third kappa shape index (κ3) is 4.61. The largest absolute Gasteiger partial charge is 0.435 e. The summed E-state index contributed by atoms with van der Waals surface area (Å²) in [5, 5.41) is 3.11. The van der Waals surface area contributed by atoms with Gasteiger partial charge in [-0.2, -0.15) is 8.78 Å². The molecule has 5 nitrogen and oxygen atoms in total. The summed E-state index contributed by atoms with van der Waals surface area (Å²) < 4.78 is 54.4. The molecule has 1 saturated heterocycles. The van der Waals surface area contributed by atoms with Crippen molar-refractivity contribution < 1.29 is 21.9 Å². The maximum atomic E-state index is 12.0. The second kappa shape index (κ2) is 6.36. The Bertz CT molecular complexity index is 528. The molecule has 0 bridgehead atoms. The van der Waals surface area contributed by atoms with Gasteiger partial charge in [0.2, 0.25) is 10.0 Å². The average molecular weight is 306 g/mol. The molecule has 1 aromatic carbocycles. The summed E-state index contributed by atoms with van der Waals surface area (Å²) >= 11 is 0. The van der Waals surface area contributed by atoms with Crippen molar-refractivity contribution in [1.82, 2.24) is 5.32 Å². The van der Waals surface area contributed by atoms with Gasteiger partial charge in [0.15, 0.2) is 0 Å². The van der Waals surface area contributed by atoms with Gasteiger partial charge in [-0.15, -0.1) is 0 Å². The Hall–Kier alpha value is -1.41. The van der Waals surface area contributed by atoms with Gasteiger partial charge in [-0.25, -0.2) is 8.42 Å². The molecule has 8 heteroatoms. The SMILES string of the molecule is O=S(=O)(CC1CCCN1)Nc1ccc(OC(F)F)cc1. The lowest BCUT2D eigenvalue weighted by Gasteiger charge is -2.13. The maximum absolute atomic E-state index is 12.0. The average Bonchev–Trinajstić information content (AvgIpc) is 2.82. The van der Waals surface area contributed by atoms with Crippen molar-refractivity contribution in [2.45, 2.75) is 25.5 Å². The summed E-state index contributed by atoms with van der Waals surface area (Å²) in [6, 6.07) is 5.32. The van der Waals surface area contributed by atoms with Crippen molar-refractivity contribution in [1.29, 1.82) is 0 Å². The maximum Gasteiger partial charge on any atom is 0.387 e. The van der Waals surface area contributed by atoms with E-state index >= 15 is 0 Å². The molecule has 1 atom stereocenters. The van der Waals surface area contributed by atoms with Crippen molar-refractivity contribution in [2.75, 3.05) is 17.0 Å². The summed E-state index contributed by atoms with van der Waals surface area (Å²) in [7, 11) is -3.46. The van der Waals surface area contributed by atoms with Gasteiger partial charge in [0.25, 0.3) is 0 Å². The first-order valence-corrected chi connectivity index (χ1v) is 7.88. The van der Waals surface area contributed by atoms with E-state index < -0.39 is 16.6 Å². The predicted octanol–water partition coefficient (Wildman–Crippen LogP) is 1.78. The molecule has 0 amide bonds. The fourth-order valence-corrected chi connectivity index (χ4v) is 3.48. The number of hydrogen-bond donors (Lipinski definition) is 2. The number of anilines is 1. The quantitative estimate of drug-likeness (QED) is 0.841. The van der Waals surface area contributed by atoms with Gasteiger partial charge in [-0.05, 0) is 43.7 Å². The van der Waals surface area contributed by atoms with Gasteiger partial charge in [0.05, 0.1) is 5.75 Å². The zero-order valence-electron chi connectivity index (χ0n) is 10.7. The van der Waals surface area contributed by atoms with Crippen molar-refractivity contribution >= 4 is 15.7 Å². The highest BCUT2D eigenvalue weighted by molar-refractivity contribution is 7.92. The number of alkyl halides is 2. The highest BCUT2D eigenvalue weighted by Crippen LogP contribution is 2.19. The summed E-state index contributed by atoms with van der Waals surface area (Å²) in [5.74, 6) is -0.0112. The van der Waals surface area contributed by atoms with Crippen LogP contribution >= 0.6 is 0 Å². The minimum Gasteiger partial charge on any atom is -0.435 e. The molecule has 1 aliphatic heterocycles. The molecule has 0 aromatic heterocycles. The zero-order valence-corrected chi connectivity index (χ0v) is 11.5. The molecule has 1 unspecified atom stereocenters. The molecule has 20 heavy (non-hydrogen) atoms. The van der Waals surface area contributed by atoms with Crippen LogP contribution in [0.2, 0.25) is 0 Å². The van der Waals surface area contributed by atoms with Crippen LogP contribution in [0.25, 0.3) is 0 Å². The monoisotopic (exact) mass is 306 g/mol. The molecular weight excluding hydrogens is 290 g/mol. The highest BCUT2D eigenvalue weighted by atomic mass is 32.2. The Kier molecular flexibility index (Phi) is 4.77. The van der Waals surface area contributed by atoms with Crippen LogP contribution in [0.4, 0.5) is 14.5 Å². The van der Waals surface area contributed by atoms with E-state index in [1.165, 1.54) is 24.3 Å². The van der Waals surface area contributed by atoms with Crippen LogP contribution in [0.3, 0.4) is 0 Å². The van der Waals surface area contributed by atoms with Crippen LogP contribution in [-0.2, 0) is 10.0 Å². The van der Waals surface area contributed by atoms with Crippen molar-refractivity contribution in [2.24, 2.45) is 0 Å². The smallest absolute Gasteiger partial charge is 0.387 e. The number of hydrogen-bond acceptors (Lipinski definition) is 4. The molecule has 2 rings (SSSR count). The lowest BCUT2D eigenvalue weighted by molar-refractivity contribution is -0.0498. The first kappa shape index (κ1) is 15.0. The minimum absolute atomic E-state index is 0.00227. The van der Waals surface area contributed by atoms with Gasteiger partial charge in [0.1, 0.15) is 5.75 Å². The first-order chi connectivity index (χ1) is 9.44. The van der Waals surface area contributed by atoms with Crippen molar-refractivity contribution in [3.05, 3.63) is 24.3 Å². The van der Waals surface area contributed by atoms with E-state index in [2.05, 4.69) is 14.8 Å². The van der Waals surface area contributed by atoms with E-state index in [4.69, 9.17) is 0 Å². The zero-order chi connectivity index (χ0) is 14.6. The lowest BCUT2D eigenvalue weighted by Crippen LogP contribution is -2.32. The topological polar surface area (TPSA) is 67.4 Å². The molecule has 0 radical (unpaired) electrons. The first-order valence-electron chi connectivity index (χ1n) is 6.23. The van der Waals surface area contributed by atoms with E-state index in [0.29, 0.717) is 5.69 Å². The molecule has 0 saturated carbocycles. The van der Waals surface area contributed by atoms with Crippen LogP contribution in [0.15, 0.2) is 24.3 Å². The Morgan fingerprint density at radius 2 is 2.05 bits per heavy atom. The summed E-state index contributed by atoms with van der Waals surface area (Å²) in [5.41, 5.74) is 0.324. The molecule has 1 aromatic rings. The van der Waals surface area contributed by atoms with E-state index in [9.17, 15) is 17.2 Å². The number of nitrogens with one attached hydrogen (secondary N) is 2. The van der Waals surface area contributed by atoms with E-state index in [1.807, 2.05) is 0 Å². The Labute approximate surface area is 116 Å². The summed E-state index contributed by atoms with van der Waals surface area (Å²) in [6.45, 7) is -2.06. The molecule has 0 spiro atoms. The van der Waals surface area contributed by atoms with Gasteiger partial charge in [0, 0.05) is 11.7 Å². The third-order valence-electron chi connectivity index (χ3n) is 2.94. The van der Waals surface area contributed by atoms with Crippen LogP contribution < -0.4 is 14.8 Å². The Morgan fingerprint density at radius 3 is 2.60 bits per heavy atom. The van der Waals surface area contributed by atoms with Gasteiger partial charge < -0.3 is 10.1 Å². The predicted molar refractivity (Wildman–Crippen MR) is 71.5 cm³/mol. The molecule has 2 N–H and O–H groups in total. The molecule has 1 fully saturated rings. The Morgan fingerprint density at radius 1 is 1.35 bits per heavy atom. The van der Waals surface area contributed by atoms with E-state index in [1.54, 1.807) is 0 Å². The van der Waals surface area contributed by atoms with Crippen LogP contribution in [0, 0.1) is 0 Å². The number of halogens is 2. The van der Waals surface area contributed by atoms with Gasteiger partial charge >= 0.3 is 6.61 Å². The number of rotatable bonds is 6. The van der Waals surface area contributed by atoms with Crippen LogP contribution in [0.5, 0.6) is 5.75 Å². The second-order valence-corrected chi connectivity index (χ2v) is 6.35. The lowest BCUT2D eigenvalue weighted by atomic mass is 10.3. The summed E-state index contributed by atoms with van der Waals surface area (Å²) in [6.07, 6.45) is 1.81. The van der Waals surface area contributed by atoms with E-state index in [0.717, 1.165) is 19.4 Å². The number of sulfonamides is 1. The van der Waals surface area contributed by atoms with Gasteiger partial charge in [-0.1, -0.05) is 0 Å². The molecule has 1 aliphatic rings. The van der Waals surface area contributed by atoms with Crippen molar-refractivity contribution in [3.8, 4) is 5.75 Å². The third-order valence-corrected chi connectivity index (χ3v) is 4.32. The van der Waals surface area contributed by atoms with Crippen LogP contribution in [-0.4, -0.2) is 33.4 Å². The Balaban J connectivity index is 1.94. The molecule has 112 valence electrons. The van der Waals surface area contributed by atoms with Gasteiger partial charge in [-0.3, -0.25) is 4.72 Å². The summed E-state index contributed by atoms with van der Waals surface area (Å²) in [4.78, 5) is 0. The minimum atomic E-state index is -3.46. The molecule has 0 aliphatic carbocycles. The second-order valence-electron chi connectivity index (χ2n) is 4.58. The van der Waals surface area contributed by atoms with E-state index in [-0.39, 0.29) is 17.5 Å². The fourth-order valence-electron chi connectivity index (χ4n) is 2.09. The molecule has 1 heterocycles. The highest BCUT2D eigenvalue weighted by Gasteiger charge is 2.21. The standard InChI is InChI=1S/C12H16F2N2O3S/c13-12(14)19-11-5-3-9(4-6-11)16-20(17,18)8-10-2-1-7-15-10/h3-6,10,12,15-16H,1-2,7-8H2. The van der Waals surface area contributed by atoms with Crippen LogP contribution in [0.1, 0.15) is 12.8 Å². The number of ether oxygens (including phenoxy) is 1. The number of benzene rings is 1. The normalized spacial score (nSPS) is 19.2. The van der Waals surface area contributed by atoms with Crippen molar-refractivity contribution in [3.63, 3.8) is 0 Å². The molecular formula is C12H16F2N2O3S.